The minimum Gasteiger partial charge on any atom is -0.484 e. The molecule has 4 heteroatoms. The highest BCUT2D eigenvalue weighted by molar-refractivity contribution is 5.77. The third-order valence-corrected chi connectivity index (χ3v) is 3.75. The molecule has 20 heavy (non-hydrogen) atoms. The lowest BCUT2D eigenvalue weighted by Gasteiger charge is -2.22. The summed E-state index contributed by atoms with van der Waals surface area (Å²) < 4.78 is 5.49. The van der Waals surface area contributed by atoms with E-state index in [1.54, 1.807) is 0 Å². The van der Waals surface area contributed by atoms with Crippen LogP contribution in [0.5, 0.6) is 5.75 Å². The fraction of sp³-hybridized carbons (Fsp3) is 0.562. The summed E-state index contributed by atoms with van der Waals surface area (Å²) >= 11 is 0. The minimum absolute atomic E-state index is 0.0126. The molecule has 1 aromatic rings. The first kappa shape index (κ1) is 14.9. The van der Waals surface area contributed by atoms with Gasteiger partial charge < -0.3 is 15.8 Å². The minimum atomic E-state index is -0.0341. The molecule has 1 aliphatic rings. The maximum Gasteiger partial charge on any atom is 0.258 e. The van der Waals surface area contributed by atoms with Gasteiger partial charge in [0.25, 0.3) is 5.91 Å². The van der Waals surface area contributed by atoms with Gasteiger partial charge in [0.1, 0.15) is 5.75 Å². The van der Waals surface area contributed by atoms with Crippen molar-refractivity contribution in [2.75, 3.05) is 6.61 Å². The second-order valence-corrected chi connectivity index (χ2v) is 5.55. The van der Waals surface area contributed by atoms with Crippen LogP contribution in [0.3, 0.4) is 0 Å². The van der Waals surface area contributed by atoms with Crippen LogP contribution in [-0.4, -0.2) is 18.6 Å². The Morgan fingerprint density at radius 1 is 1.30 bits per heavy atom. The van der Waals surface area contributed by atoms with Crippen molar-refractivity contribution >= 4 is 5.91 Å². The Kier molecular flexibility index (Phi) is 5.41. The molecule has 1 amide bonds. The second-order valence-electron chi connectivity index (χ2n) is 5.55. The molecule has 0 heterocycles. The van der Waals surface area contributed by atoms with E-state index in [0.717, 1.165) is 18.4 Å². The summed E-state index contributed by atoms with van der Waals surface area (Å²) in [5.74, 6) is 0.668. The zero-order valence-electron chi connectivity index (χ0n) is 12.1. The lowest BCUT2D eigenvalue weighted by atomic mass is 9.95. The number of hydrogen-bond donors (Lipinski definition) is 2. The van der Waals surface area contributed by atoms with E-state index in [9.17, 15) is 4.79 Å². The summed E-state index contributed by atoms with van der Waals surface area (Å²) in [7, 11) is 0. The van der Waals surface area contributed by atoms with Gasteiger partial charge in [-0.25, -0.2) is 0 Å². The summed E-state index contributed by atoms with van der Waals surface area (Å²) in [6.45, 7) is 2.02. The smallest absolute Gasteiger partial charge is 0.258 e. The Labute approximate surface area is 120 Å². The molecule has 0 spiro atoms. The predicted molar refractivity (Wildman–Crippen MR) is 79.6 cm³/mol. The molecule has 0 aromatic heterocycles. The topological polar surface area (TPSA) is 64.3 Å². The quantitative estimate of drug-likeness (QED) is 0.868. The van der Waals surface area contributed by atoms with Crippen LogP contribution in [0.15, 0.2) is 24.3 Å². The van der Waals surface area contributed by atoms with E-state index >= 15 is 0 Å². The molecule has 4 nitrogen and oxygen atoms in total. The van der Waals surface area contributed by atoms with Crippen molar-refractivity contribution in [1.82, 2.24) is 5.32 Å². The molecule has 0 bridgehead atoms. The van der Waals surface area contributed by atoms with Gasteiger partial charge in [-0.15, -0.1) is 0 Å². The van der Waals surface area contributed by atoms with Crippen LogP contribution in [0.2, 0.25) is 0 Å². The molecule has 3 N–H and O–H groups in total. The van der Waals surface area contributed by atoms with Gasteiger partial charge in [-0.1, -0.05) is 31.4 Å². The fourth-order valence-corrected chi connectivity index (χ4v) is 2.53. The highest BCUT2D eigenvalue weighted by Gasteiger charge is 2.15. The normalized spacial score (nSPS) is 17.5. The number of ether oxygens (including phenoxy) is 1. The molecule has 1 atom stereocenters. The number of carbonyl (C=O) groups excluding carboxylic acids is 1. The third-order valence-electron chi connectivity index (χ3n) is 3.75. The first-order valence-corrected chi connectivity index (χ1v) is 7.43. The number of hydrogen-bond acceptors (Lipinski definition) is 3. The molecular weight excluding hydrogens is 252 g/mol. The number of rotatable bonds is 5. The first-order chi connectivity index (χ1) is 9.65. The monoisotopic (exact) mass is 276 g/mol. The number of nitrogens with one attached hydrogen (secondary N) is 1. The SMILES string of the molecule is C[C@H](N)c1ccc(OCC(=O)NC2CCCCC2)cc1. The van der Waals surface area contributed by atoms with Crippen molar-refractivity contribution in [3.05, 3.63) is 29.8 Å². The van der Waals surface area contributed by atoms with Crippen LogP contribution in [0.4, 0.5) is 0 Å². The standard InChI is InChI=1S/C16H24N2O2/c1-12(17)13-7-9-15(10-8-13)20-11-16(19)18-14-5-3-2-4-6-14/h7-10,12,14H,2-6,11,17H2,1H3,(H,18,19)/t12-/m0/s1. The molecular formula is C16H24N2O2. The second kappa shape index (κ2) is 7.29. The van der Waals surface area contributed by atoms with Crippen LogP contribution in [0, 0.1) is 0 Å². The van der Waals surface area contributed by atoms with Crippen LogP contribution in [0.25, 0.3) is 0 Å². The summed E-state index contributed by atoms with van der Waals surface area (Å²) in [5.41, 5.74) is 6.84. The number of carbonyl (C=O) groups is 1. The van der Waals surface area contributed by atoms with Crippen molar-refractivity contribution in [1.29, 1.82) is 0 Å². The maximum absolute atomic E-state index is 11.8. The molecule has 0 radical (unpaired) electrons. The lowest BCUT2D eigenvalue weighted by Crippen LogP contribution is -2.38. The van der Waals surface area contributed by atoms with Gasteiger partial charge in [0.15, 0.2) is 6.61 Å². The van der Waals surface area contributed by atoms with Crippen molar-refractivity contribution in [3.63, 3.8) is 0 Å². The lowest BCUT2D eigenvalue weighted by molar-refractivity contribution is -0.124. The van der Waals surface area contributed by atoms with Gasteiger partial charge in [0.05, 0.1) is 0 Å². The zero-order chi connectivity index (χ0) is 14.4. The Bertz CT molecular complexity index is 423. The van der Waals surface area contributed by atoms with E-state index in [2.05, 4.69) is 5.32 Å². The van der Waals surface area contributed by atoms with Gasteiger partial charge in [-0.2, -0.15) is 0 Å². The summed E-state index contributed by atoms with van der Waals surface area (Å²) in [6, 6.07) is 7.91. The molecule has 2 rings (SSSR count). The molecule has 110 valence electrons. The molecule has 1 aromatic carbocycles. The summed E-state index contributed by atoms with van der Waals surface area (Å²) in [6.07, 6.45) is 5.90. The van der Waals surface area contributed by atoms with Gasteiger partial charge in [-0.3, -0.25) is 4.79 Å². The molecule has 0 unspecified atom stereocenters. The van der Waals surface area contributed by atoms with Crippen LogP contribution in [0.1, 0.15) is 50.6 Å². The van der Waals surface area contributed by atoms with E-state index < -0.39 is 0 Å². The first-order valence-electron chi connectivity index (χ1n) is 7.43. The highest BCUT2D eigenvalue weighted by Crippen LogP contribution is 2.18. The van der Waals surface area contributed by atoms with E-state index in [1.165, 1.54) is 19.3 Å². The molecule has 1 saturated carbocycles. The Hall–Kier alpha value is -1.55. The third kappa shape index (κ3) is 4.53. The van der Waals surface area contributed by atoms with E-state index in [0.29, 0.717) is 11.8 Å². The Balaban J connectivity index is 1.74. The summed E-state index contributed by atoms with van der Waals surface area (Å²) in [5, 5.41) is 3.03. The van der Waals surface area contributed by atoms with E-state index in [-0.39, 0.29) is 18.6 Å². The summed E-state index contributed by atoms with van der Waals surface area (Å²) in [4.78, 5) is 11.8. The van der Waals surface area contributed by atoms with E-state index in [4.69, 9.17) is 10.5 Å². The molecule has 1 fully saturated rings. The molecule has 0 aliphatic heterocycles. The molecule has 1 aliphatic carbocycles. The van der Waals surface area contributed by atoms with Gasteiger partial charge in [0, 0.05) is 12.1 Å². The van der Waals surface area contributed by atoms with Gasteiger partial charge in [0.2, 0.25) is 0 Å². The average molecular weight is 276 g/mol. The van der Waals surface area contributed by atoms with Gasteiger partial charge in [-0.05, 0) is 37.5 Å². The zero-order valence-corrected chi connectivity index (χ0v) is 12.1. The molecule has 0 saturated heterocycles. The fourth-order valence-electron chi connectivity index (χ4n) is 2.53. The largest absolute Gasteiger partial charge is 0.484 e. The number of amides is 1. The van der Waals surface area contributed by atoms with Crippen molar-refractivity contribution in [3.8, 4) is 5.75 Å². The Morgan fingerprint density at radius 3 is 2.55 bits per heavy atom. The van der Waals surface area contributed by atoms with Crippen LogP contribution in [-0.2, 0) is 4.79 Å². The maximum atomic E-state index is 11.8. The number of nitrogens with two attached hydrogens (primary N) is 1. The van der Waals surface area contributed by atoms with E-state index in [1.807, 2.05) is 31.2 Å². The van der Waals surface area contributed by atoms with Crippen molar-refractivity contribution in [2.24, 2.45) is 5.73 Å². The van der Waals surface area contributed by atoms with Crippen LogP contribution >= 0.6 is 0 Å². The van der Waals surface area contributed by atoms with Crippen molar-refractivity contribution < 1.29 is 9.53 Å². The average Bonchev–Trinajstić information content (AvgIpc) is 2.46. The highest BCUT2D eigenvalue weighted by atomic mass is 16.5. The predicted octanol–water partition coefficient (Wildman–Crippen LogP) is 2.53. The van der Waals surface area contributed by atoms with Crippen molar-refractivity contribution in [2.45, 2.75) is 51.1 Å². The van der Waals surface area contributed by atoms with Gasteiger partial charge >= 0.3 is 0 Å². The van der Waals surface area contributed by atoms with Crippen LogP contribution < -0.4 is 15.8 Å². The number of benzene rings is 1. The Morgan fingerprint density at radius 2 is 1.95 bits per heavy atom.